The summed E-state index contributed by atoms with van der Waals surface area (Å²) in [6.07, 6.45) is 4.76. The van der Waals surface area contributed by atoms with Crippen molar-refractivity contribution in [3.63, 3.8) is 0 Å². The van der Waals surface area contributed by atoms with Crippen molar-refractivity contribution in [2.75, 3.05) is 10.6 Å². The summed E-state index contributed by atoms with van der Waals surface area (Å²) < 4.78 is 0. The van der Waals surface area contributed by atoms with Crippen LogP contribution in [0.2, 0.25) is 0 Å². The lowest BCUT2D eigenvalue weighted by atomic mass is 10.2. The van der Waals surface area contributed by atoms with E-state index in [0.29, 0.717) is 17.7 Å². The second-order valence-corrected chi connectivity index (χ2v) is 6.17. The number of anilines is 2. The van der Waals surface area contributed by atoms with Crippen molar-refractivity contribution in [2.45, 2.75) is 45.6 Å². The maximum absolute atomic E-state index is 12.4. The molecule has 1 saturated carbocycles. The number of hydrogen-bond acceptors (Lipinski definition) is 4. The summed E-state index contributed by atoms with van der Waals surface area (Å²) in [5.74, 6) is 0.335. The number of rotatable bonds is 4. The summed E-state index contributed by atoms with van der Waals surface area (Å²) in [6, 6.07) is 9.85. The first-order valence-electron chi connectivity index (χ1n) is 8.10. The van der Waals surface area contributed by atoms with Crippen LogP contribution in [-0.4, -0.2) is 21.9 Å². The van der Waals surface area contributed by atoms with Crippen LogP contribution in [0.4, 0.5) is 11.6 Å². The summed E-state index contributed by atoms with van der Waals surface area (Å²) >= 11 is 0. The van der Waals surface area contributed by atoms with Crippen LogP contribution in [0.3, 0.4) is 0 Å². The number of carbonyl (C=O) groups is 1. The second-order valence-electron chi connectivity index (χ2n) is 6.17. The number of nitrogens with zero attached hydrogens (tertiary/aromatic N) is 2. The zero-order valence-electron chi connectivity index (χ0n) is 13.6. The molecule has 0 saturated heterocycles. The molecule has 120 valence electrons. The monoisotopic (exact) mass is 310 g/mol. The number of nitrogens with one attached hydrogen (secondary N) is 2. The Morgan fingerprint density at radius 3 is 2.65 bits per heavy atom. The molecule has 2 aromatic rings. The summed E-state index contributed by atoms with van der Waals surface area (Å²) in [7, 11) is 0. The number of amides is 1. The molecule has 0 bridgehead atoms. The van der Waals surface area contributed by atoms with E-state index < -0.39 is 0 Å². The van der Waals surface area contributed by atoms with Crippen molar-refractivity contribution in [2.24, 2.45) is 0 Å². The van der Waals surface area contributed by atoms with E-state index in [2.05, 4.69) is 20.6 Å². The Morgan fingerprint density at radius 1 is 1.13 bits per heavy atom. The van der Waals surface area contributed by atoms with E-state index in [1.54, 1.807) is 6.07 Å². The maximum atomic E-state index is 12.4. The van der Waals surface area contributed by atoms with Gasteiger partial charge in [-0.3, -0.25) is 4.79 Å². The van der Waals surface area contributed by atoms with Crippen LogP contribution in [0, 0.1) is 13.8 Å². The van der Waals surface area contributed by atoms with Crippen LogP contribution in [0.5, 0.6) is 0 Å². The van der Waals surface area contributed by atoms with Crippen LogP contribution in [0.15, 0.2) is 30.3 Å². The Labute approximate surface area is 136 Å². The van der Waals surface area contributed by atoms with Gasteiger partial charge < -0.3 is 10.6 Å². The first-order chi connectivity index (χ1) is 11.1. The minimum atomic E-state index is -0.212. The topological polar surface area (TPSA) is 66.9 Å². The van der Waals surface area contributed by atoms with E-state index in [1.807, 2.05) is 38.1 Å². The highest BCUT2D eigenvalue weighted by atomic mass is 16.1. The largest absolute Gasteiger partial charge is 0.351 e. The van der Waals surface area contributed by atoms with Crippen molar-refractivity contribution >= 4 is 17.5 Å². The molecule has 1 heterocycles. The van der Waals surface area contributed by atoms with Gasteiger partial charge in [0.1, 0.15) is 5.69 Å². The lowest BCUT2D eigenvalue weighted by Crippen LogP contribution is -2.20. The van der Waals surface area contributed by atoms with Gasteiger partial charge in [-0.15, -0.1) is 0 Å². The fraction of sp³-hybridized carbons (Fsp3) is 0.389. The smallest absolute Gasteiger partial charge is 0.274 e. The Morgan fingerprint density at radius 2 is 1.91 bits per heavy atom. The molecular weight excluding hydrogens is 288 g/mol. The first-order valence-corrected chi connectivity index (χ1v) is 8.10. The van der Waals surface area contributed by atoms with Crippen molar-refractivity contribution in [3.8, 4) is 0 Å². The van der Waals surface area contributed by atoms with Crippen molar-refractivity contribution in [1.82, 2.24) is 9.97 Å². The fourth-order valence-electron chi connectivity index (χ4n) is 2.92. The molecule has 23 heavy (non-hydrogen) atoms. The Balaban J connectivity index is 1.75. The molecule has 1 fully saturated rings. The predicted octanol–water partition coefficient (Wildman–Crippen LogP) is 3.70. The van der Waals surface area contributed by atoms with E-state index in [1.165, 1.54) is 12.8 Å². The van der Waals surface area contributed by atoms with E-state index in [-0.39, 0.29) is 5.91 Å². The van der Waals surface area contributed by atoms with Gasteiger partial charge in [0.15, 0.2) is 0 Å². The van der Waals surface area contributed by atoms with Crippen molar-refractivity contribution in [3.05, 3.63) is 47.3 Å². The van der Waals surface area contributed by atoms with E-state index in [0.717, 1.165) is 29.8 Å². The number of aromatic nitrogens is 2. The van der Waals surface area contributed by atoms with E-state index in [4.69, 9.17) is 0 Å². The third kappa shape index (κ3) is 4.06. The molecule has 1 amide bonds. The van der Waals surface area contributed by atoms with Gasteiger partial charge in [-0.2, -0.15) is 0 Å². The lowest BCUT2D eigenvalue weighted by molar-refractivity contribution is 0.102. The summed E-state index contributed by atoms with van der Waals surface area (Å²) in [5.41, 5.74) is 3.05. The molecule has 5 heteroatoms. The minimum Gasteiger partial charge on any atom is -0.351 e. The van der Waals surface area contributed by atoms with Gasteiger partial charge in [0.2, 0.25) is 5.95 Å². The Hall–Kier alpha value is -2.43. The summed E-state index contributed by atoms with van der Waals surface area (Å²) in [4.78, 5) is 21.2. The Bertz CT molecular complexity index is 708. The predicted molar refractivity (Wildman–Crippen MR) is 91.8 cm³/mol. The zero-order valence-corrected chi connectivity index (χ0v) is 13.6. The quantitative estimate of drug-likeness (QED) is 0.903. The molecule has 2 N–H and O–H groups in total. The minimum absolute atomic E-state index is 0.212. The number of carbonyl (C=O) groups excluding carboxylic acids is 1. The molecule has 0 radical (unpaired) electrons. The SMILES string of the molecule is Cc1cccc(NC(=O)c2cc(C)nc(NC3CCCC3)n2)c1. The highest BCUT2D eigenvalue weighted by Gasteiger charge is 2.17. The molecular formula is C18H22N4O. The van der Waals surface area contributed by atoms with Crippen LogP contribution < -0.4 is 10.6 Å². The highest BCUT2D eigenvalue weighted by Crippen LogP contribution is 2.21. The molecule has 3 rings (SSSR count). The van der Waals surface area contributed by atoms with Gasteiger partial charge in [-0.25, -0.2) is 9.97 Å². The van der Waals surface area contributed by atoms with Crippen LogP contribution in [-0.2, 0) is 0 Å². The van der Waals surface area contributed by atoms with Gasteiger partial charge in [0, 0.05) is 17.4 Å². The highest BCUT2D eigenvalue weighted by molar-refractivity contribution is 6.03. The number of benzene rings is 1. The molecule has 0 spiro atoms. The van der Waals surface area contributed by atoms with Gasteiger partial charge >= 0.3 is 0 Å². The van der Waals surface area contributed by atoms with Gasteiger partial charge in [-0.1, -0.05) is 25.0 Å². The van der Waals surface area contributed by atoms with E-state index in [9.17, 15) is 4.79 Å². The van der Waals surface area contributed by atoms with E-state index >= 15 is 0 Å². The van der Waals surface area contributed by atoms with Gasteiger partial charge in [0.25, 0.3) is 5.91 Å². The molecule has 1 aromatic heterocycles. The third-order valence-electron chi connectivity index (χ3n) is 4.05. The fourth-order valence-corrected chi connectivity index (χ4v) is 2.92. The standard InChI is InChI=1S/C18H22N4O/c1-12-6-5-9-15(10-12)20-17(23)16-11-13(2)19-18(22-16)21-14-7-3-4-8-14/h5-6,9-11,14H,3-4,7-8H2,1-2H3,(H,20,23)(H,19,21,22). The van der Waals surface area contributed by atoms with Gasteiger partial charge in [-0.05, 0) is 50.5 Å². The maximum Gasteiger partial charge on any atom is 0.274 e. The summed E-state index contributed by atoms with van der Waals surface area (Å²) in [6.45, 7) is 3.87. The molecule has 1 aromatic carbocycles. The molecule has 0 atom stereocenters. The molecule has 5 nitrogen and oxygen atoms in total. The van der Waals surface area contributed by atoms with Crippen LogP contribution in [0.1, 0.15) is 47.4 Å². The second kappa shape index (κ2) is 6.77. The first kappa shape index (κ1) is 15.5. The number of aryl methyl sites for hydroxylation is 2. The zero-order chi connectivity index (χ0) is 16.2. The van der Waals surface area contributed by atoms with Crippen LogP contribution in [0.25, 0.3) is 0 Å². The van der Waals surface area contributed by atoms with Gasteiger partial charge in [0.05, 0.1) is 0 Å². The van der Waals surface area contributed by atoms with Crippen LogP contribution >= 0.6 is 0 Å². The molecule has 1 aliphatic carbocycles. The summed E-state index contributed by atoms with van der Waals surface area (Å²) in [5, 5.41) is 6.24. The van der Waals surface area contributed by atoms with Crippen molar-refractivity contribution in [1.29, 1.82) is 0 Å². The molecule has 1 aliphatic rings. The average molecular weight is 310 g/mol. The Kier molecular flexibility index (Phi) is 4.55. The average Bonchev–Trinajstić information content (AvgIpc) is 2.99. The lowest BCUT2D eigenvalue weighted by Gasteiger charge is -2.13. The normalized spacial score (nSPS) is 14.7. The number of hydrogen-bond donors (Lipinski definition) is 2. The molecule has 0 aliphatic heterocycles. The van der Waals surface area contributed by atoms with Crippen molar-refractivity contribution < 1.29 is 4.79 Å². The molecule has 0 unspecified atom stereocenters. The third-order valence-corrected chi connectivity index (χ3v) is 4.05.